The van der Waals surface area contributed by atoms with E-state index in [9.17, 15) is 14.7 Å². The fraction of sp³-hybridized carbons (Fsp3) is 0.167. The summed E-state index contributed by atoms with van der Waals surface area (Å²) in [6.45, 7) is 0.371. The molecule has 30 heavy (non-hydrogen) atoms. The van der Waals surface area contributed by atoms with Crippen molar-refractivity contribution in [3.63, 3.8) is 0 Å². The van der Waals surface area contributed by atoms with E-state index in [0.717, 1.165) is 11.1 Å². The number of hydrogen-bond acceptors (Lipinski definition) is 5. The number of Topliss-reactive ketones (excluding diaryl/α,β-unsaturated/α-hetero) is 1. The van der Waals surface area contributed by atoms with Gasteiger partial charge in [-0.15, -0.1) is 11.3 Å². The van der Waals surface area contributed by atoms with Crippen LogP contribution in [0.3, 0.4) is 0 Å². The number of amides is 1. The van der Waals surface area contributed by atoms with E-state index in [1.807, 2.05) is 42.5 Å². The summed E-state index contributed by atoms with van der Waals surface area (Å²) in [6.07, 6.45) is 0.612. The van der Waals surface area contributed by atoms with Gasteiger partial charge in [0.2, 0.25) is 5.78 Å². The van der Waals surface area contributed by atoms with E-state index in [0.29, 0.717) is 23.6 Å². The lowest BCUT2D eigenvalue weighted by molar-refractivity contribution is -0.129. The minimum atomic E-state index is -0.675. The quantitative estimate of drug-likeness (QED) is 0.570. The normalized spacial score (nSPS) is 16.2. The summed E-state index contributed by atoms with van der Waals surface area (Å²) in [5.74, 6) is -0.712. The molecule has 0 saturated heterocycles. The van der Waals surface area contributed by atoms with Crippen LogP contribution in [0.1, 0.15) is 26.8 Å². The average molecular weight is 420 g/mol. The molecule has 1 aliphatic rings. The van der Waals surface area contributed by atoms with E-state index < -0.39 is 17.7 Å². The van der Waals surface area contributed by atoms with Crippen LogP contribution >= 0.6 is 11.3 Å². The van der Waals surface area contributed by atoms with Gasteiger partial charge in [-0.25, -0.2) is 0 Å². The Balaban J connectivity index is 1.73. The zero-order valence-electron chi connectivity index (χ0n) is 16.4. The van der Waals surface area contributed by atoms with Crippen LogP contribution in [0.5, 0.6) is 5.75 Å². The summed E-state index contributed by atoms with van der Waals surface area (Å²) in [4.78, 5) is 28.2. The Morgan fingerprint density at radius 2 is 1.90 bits per heavy atom. The maximum Gasteiger partial charge on any atom is 0.290 e. The number of aliphatic hydroxyl groups excluding tert-OH is 1. The van der Waals surface area contributed by atoms with Crippen molar-refractivity contribution >= 4 is 23.0 Å². The predicted octanol–water partition coefficient (Wildman–Crippen LogP) is 4.58. The fourth-order valence-electron chi connectivity index (χ4n) is 3.71. The lowest BCUT2D eigenvalue weighted by Crippen LogP contribution is -2.33. The van der Waals surface area contributed by atoms with Crippen LogP contribution in [0.2, 0.25) is 0 Å². The second-order valence-corrected chi connectivity index (χ2v) is 7.93. The molecule has 1 atom stereocenters. The molecule has 0 fully saturated rings. The minimum Gasteiger partial charge on any atom is -0.503 e. The first kappa shape index (κ1) is 19.9. The summed E-state index contributed by atoms with van der Waals surface area (Å²) in [6, 6.07) is 19.9. The van der Waals surface area contributed by atoms with Gasteiger partial charge in [-0.2, -0.15) is 0 Å². The largest absolute Gasteiger partial charge is 0.503 e. The van der Waals surface area contributed by atoms with Crippen LogP contribution in [0, 0.1) is 0 Å². The van der Waals surface area contributed by atoms with E-state index in [4.69, 9.17) is 4.74 Å². The van der Waals surface area contributed by atoms with Crippen LogP contribution in [0.4, 0.5) is 0 Å². The fourth-order valence-corrected chi connectivity index (χ4v) is 4.39. The van der Waals surface area contributed by atoms with Crippen molar-refractivity contribution < 1.29 is 19.4 Å². The van der Waals surface area contributed by atoms with Crippen LogP contribution in [0.25, 0.3) is 0 Å². The molecule has 2 aromatic carbocycles. The average Bonchev–Trinajstić information content (AvgIpc) is 3.40. The standard InChI is InChI=1S/C24H21NO4S/c1-29-18-10-5-9-17(15-18)21-20(22(26)19-11-6-14-30-19)23(27)24(28)25(21)13-12-16-7-3-2-4-8-16/h2-11,14-15,21,27H,12-13H2,1H3/t21-/m0/s1. The first-order valence-electron chi connectivity index (χ1n) is 9.60. The van der Waals surface area contributed by atoms with E-state index >= 15 is 0 Å². The van der Waals surface area contributed by atoms with Crippen molar-refractivity contribution in [2.24, 2.45) is 0 Å². The molecule has 1 amide bonds. The van der Waals surface area contributed by atoms with Gasteiger partial charge in [0, 0.05) is 6.54 Å². The monoisotopic (exact) mass is 419 g/mol. The Bertz CT molecular complexity index is 1090. The van der Waals surface area contributed by atoms with Gasteiger partial charge < -0.3 is 14.7 Å². The molecule has 1 aromatic heterocycles. The topological polar surface area (TPSA) is 66.8 Å². The third-order valence-corrected chi connectivity index (χ3v) is 6.06. The third-order valence-electron chi connectivity index (χ3n) is 5.19. The van der Waals surface area contributed by atoms with Gasteiger partial charge in [-0.3, -0.25) is 9.59 Å². The molecular weight excluding hydrogens is 398 g/mol. The van der Waals surface area contributed by atoms with Gasteiger partial charge in [0.05, 0.1) is 23.6 Å². The highest BCUT2D eigenvalue weighted by Gasteiger charge is 2.43. The predicted molar refractivity (Wildman–Crippen MR) is 116 cm³/mol. The number of nitrogens with zero attached hydrogens (tertiary/aromatic N) is 1. The summed E-state index contributed by atoms with van der Waals surface area (Å²) >= 11 is 1.29. The molecule has 0 radical (unpaired) electrons. The lowest BCUT2D eigenvalue weighted by atomic mass is 9.95. The molecule has 4 rings (SSSR count). The molecule has 0 spiro atoms. The number of carbonyl (C=O) groups is 2. The van der Waals surface area contributed by atoms with Crippen molar-refractivity contribution in [2.75, 3.05) is 13.7 Å². The first-order valence-corrected chi connectivity index (χ1v) is 10.5. The van der Waals surface area contributed by atoms with Crippen molar-refractivity contribution in [3.8, 4) is 5.75 Å². The van der Waals surface area contributed by atoms with Crippen LogP contribution < -0.4 is 4.74 Å². The molecule has 0 unspecified atom stereocenters. The van der Waals surface area contributed by atoms with Crippen molar-refractivity contribution in [3.05, 3.63) is 99.4 Å². The lowest BCUT2D eigenvalue weighted by Gasteiger charge is -2.27. The zero-order chi connectivity index (χ0) is 21.1. The molecule has 1 N–H and O–H groups in total. The molecule has 0 bridgehead atoms. The third kappa shape index (κ3) is 3.74. The Morgan fingerprint density at radius 3 is 2.60 bits per heavy atom. The van der Waals surface area contributed by atoms with Crippen LogP contribution in [-0.2, 0) is 11.2 Å². The van der Waals surface area contributed by atoms with Crippen molar-refractivity contribution in [2.45, 2.75) is 12.5 Å². The maximum absolute atomic E-state index is 13.2. The van der Waals surface area contributed by atoms with Crippen molar-refractivity contribution in [1.82, 2.24) is 4.90 Å². The maximum atomic E-state index is 13.2. The first-order chi connectivity index (χ1) is 14.6. The number of ketones is 1. The summed E-state index contributed by atoms with van der Waals surface area (Å²) in [7, 11) is 1.57. The minimum absolute atomic E-state index is 0.115. The highest BCUT2D eigenvalue weighted by molar-refractivity contribution is 7.12. The number of benzene rings is 2. The number of aliphatic hydroxyl groups is 1. The van der Waals surface area contributed by atoms with E-state index in [1.165, 1.54) is 11.3 Å². The molecule has 152 valence electrons. The van der Waals surface area contributed by atoms with E-state index in [-0.39, 0.29) is 11.4 Å². The SMILES string of the molecule is COc1cccc([C@H]2C(C(=O)c3cccs3)=C(O)C(=O)N2CCc2ccccc2)c1. The van der Waals surface area contributed by atoms with Crippen LogP contribution in [-0.4, -0.2) is 35.4 Å². The Morgan fingerprint density at radius 1 is 1.10 bits per heavy atom. The summed E-state index contributed by atoms with van der Waals surface area (Å²) < 4.78 is 5.34. The molecule has 3 aromatic rings. The smallest absolute Gasteiger partial charge is 0.290 e. The van der Waals surface area contributed by atoms with E-state index in [1.54, 1.807) is 41.7 Å². The number of thiophene rings is 1. The summed E-state index contributed by atoms with van der Waals surface area (Å²) in [5.41, 5.74) is 1.91. The second-order valence-electron chi connectivity index (χ2n) is 6.98. The number of methoxy groups -OCH3 is 1. The van der Waals surface area contributed by atoms with Gasteiger partial charge in [0.15, 0.2) is 5.76 Å². The number of rotatable bonds is 7. The summed E-state index contributed by atoms with van der Waals surface area (Å²) in [5, 5.41) is 12.5. The number of hydrogen-bond donors (Lipinski definition) is 1. The van der Waals surface area contributed by atoms with Gasteiger partial charge in [-0.1, -0.05) is 48.5 Å². The van der Waals surface area contributed by atoms with Gasteiger partial charge in [0.25, 0.3) is 5.91 Å². The molecule has 5 nitrogen and oxygen atoms in total. The van der Waals surface area contributed by atoms with Crippen molar-refractivity contribution in [1.29, 1.82) is 0 Å². The van der Waals surface area contributed by atoms with Gasteiger partial charge >= 0.3 is 0 Å². The molecule has 0 saturated carbocycles. The molecule has 1 aliphatic heterocycles. The highest BCUT2D eigenvalue weighted by atomic mass is 32.1. The van der Waals surface area contributed by atoms with Gasteiger partial charge in [-0.05, 0) is 41.1 Å². The number of carbonyl (C=O) groups excluding carboxylic acids is 2. The second kappa shape index (κ2) is 8.55. The van der Waals surface area contributed by atoms with Gasteiger partial charge in [0.1, 0.15) is 5.75 Å². The van der Waals surface area contributed by atoms with Crippen LogP contribution in [0.15, 0.2) is 83.4 Å². The Kier molecular flexibility index (Phi) is 5.68. The molecule has 0 aliphatic carbocycles. The molecule has 6 heteroatoms. The highest BCUT2D eigenvalue weighted by Crippen LogP contribution is 2.40. The molecule has 2 heterocycles. The number of ether oxygens (including phenoxy) is 1. The van der Waals surface area contributed by atoms with E-state index in [2.05, 4.69) is 0 Å². The Labute approximate surface area is 178 Å². The zero-order valence-corrected chi connectivity index (χ0v) is 17.3. The Hall–Kier alpha value is -3.38. The molecular formula is C24H21NO4S.